The Hall–Kier alpha value is -6.91. The molecular formula is C47H29N3O. The SMILES string of the molecule is c1ccc(-c2nc(-c3ccccc3)nc(-c3cccc(-c4cccc(-c5ccc6c(ccc7cc8oc9ccccc9c8cc76)c5)c4)c3)n2)cc1. The summed E-state index contributed by atoms with van der Waals surface area (Å²) in [5.74, 6) is 1.94. The van der Waals surface area contributed by atoms with Crippen molar-refractivity contribution in [2.75, 3.05) is 0 Å². The molecule has 0 radical (unpaired) electrons. The molecule has 4 heteroatoms. The van der Waals surface area contributed by atoms with Crippen LogP contribution in [0.15, 0.2) is 180 Å². The molecule has 8 aromatic carbocycles. The zero-order valence-corrected chi connectivity index (χ0v) is 27.5. The molecule has 0 aliphatic rings. The second-order valence-corrected chi connectivity index (χ2v) is 12.9. The van der Waals surface area contributed by atoms with Crippen molar-refractivity contribution in [2.45, 2.75) is 0 Å². The average Bonchev–Trinajstić information content (AvgIpc) is 3.58. The van der Waals surface area contributed by atoms with Crippen LogP contribution < -0.4 is 0 Å². The Morgan fingerprint density at radius 3 is 1.45 bits per heavy atom. The summed E-state index contributed by atoms with van der Waals surface area (Å²) < 4.78 is 6.17. The molecule has 2 aromatic heterocycles. The molecule has 4 nitrogen and oxygen atoms in total. The number of aromatic nitrogens is 3. The molecule has 238 valence electrons. The molecule has 10 aromatic rings. The Balaban J connectivity index is 1.03. The lowest BCUT2D eigenvalue weighted by molar-refractivity contribution is 0.669. The number of para-hydroxylation sites is 1. The average molecular weight is 652 g/mol. The van der Waals surface area contributed by atoms with Crippen molar-refractivity contribution in [3.05, 3.63) is 176 Å². The molecule has 0 N–H and O–H groups in total. The summed E-state index contributed by atoms with van der Waals surface area (Å²) in [5, 5.41) is 7.13. The Kier molecular flexibility index (Phi) is 6.78. The van der Waals surface area contributed by atoms with Gasteiger partial charge in [-0.1, -0.05) is 140 Å². The fourth-order valence-electron chi connectivity index (χ4n) is 7.12. The van der Waals surface area contributed by atoms with Gasteiger partial charge in [0, 0.05) is 27.5 Å². The first-order valence-electron chi connectivity index (χ1n) is 17.1. The van der Waals surface area contributed by atoms with E-state index < -0.39 is 0 Å². The molecule has 0 aliphatic carbocycles. The number of hydrogen-bond acceptors (Lipinski definition) is 4. The summed E-state index contributed by atoms with van der Waals surface area (Å²) >= 11 is 0. The third-order valence-electron chi connectivity index (χ3n) is 9.68. The quantitative estimate of drug-likeness (QED) is 0.174. The lowest BCUT2D eigenvalue weighted by atomic mass is 9.94. The molecule has 0 unspecified atom stereocenters. The molecule has 0 aliphatic heterocycles. The molecule has 0 saturated carbocycles. The van der Waals surface area contributed by atoms with Gasteiger partial charge < -0.3 is 4.42 Å². The van der Waals surface area contributed by atoms with Crippen LogP contribution >= 0.6 is 0 Å². The smallest absolute Gasteiger partial charge is 0.164 e. The topological polar surface area (TPSA) is 51.8 Å². The Bertz CT molecular complexity index is 2860. The molecule has 2 heterocycles. The molecule has 0 fully saturated rings. The zero-order chi connectivity index (χ0) is 33.7. The van der Waals surface area contributed by atoms with Crippen molar-refractivity contribution < 1.29 is 4.42 Å². The number of nitrogens with zero attached hydrogens (tertiary/aromatic N) is 3. The third-order valence-corrected chi connectivity index (χ3v) is 9.68. The molecule has 0 amide bonds. The van der Waals surface area contributed by atoms with Gasteiger partial charge in [-0.2, -0.15) is 0 Å². The van der Waals surface area contributed by atoms with E-state index in [9.17, 15) is 0 Å². The van der Waals surface area contributed by atoms with Crippen LogP contribution in [0, 0.1) is 0 Å². The highest BCUT2D eigenvalue weighted by Crippen LogP contribution is 2.37. The van der Waals surface area contributed by atoms with Crippen LogP contribution in [0.5, 0.6) is 0 Å². The molecule has 0 saturated heterocycles. The van der Waals surface area contributed by atoms with Crippen LogP contribution in [0.2, 0.25) is 0 Å². The predicted octanol–water partition coefficient (Wildman–Crippen LogP) is 12.4. The van der Waals surface area contributed by atoms with Crippen molar-refractivity contribution >= 4 is 43.5 Å². The summed E-state index contributed by atoms with van der Waals surface area (Å²) in [6.07, 6.45) is 0. The Morgan fingerprint density at radius 2 is 0.784 bits per heavy atom. The van der Waals surface area contributed by atoms with Crippen molar-refractivity contribution in [2.24, 2.45) is 0 Å². The van der Waals surface area contributed by atoms with Gasteiger partial charge in [0.05, 0.1) is 0 Å². The molecule has 51 heavy (non-hydrogen) atoms. The molecule has 0 spiro atoms. The highest BCUT2D eigenvalue weighted by molar-refractivity contribution is 6.16. The van der Waals surface area contributed by atoms with Gasteiger partial charge in [-0.3, -0.25) is 0 Å². The minimum atomic E-state index is 0.642. The lowest BCUT2D eigenvalue weighted by Gasteiger charge is -2.11. The first-order valence-corrected chi connectivity index (χ1v) is 17.1. The van der Waals surface area contributed by atoms with Crippen molar-refractivity contribution in [1.82, 2.24) is 15.0 Å². The molecular weight excluding hydrogens is 623 g/mol. The minimum absolute atomic E-state index is 0.642. The van der Waals surface area contributed by atoms with E-state index in [0.29, 0.717) is 17.5 Å². The van der Waals surface area contributed by atoms with E-state index in [-0.39, 0.29) is 0 Å². The standard InChI is InChI=1S/C47H29N3O/c1-3-11-30(12-4-1)45-48-46(31-13-5-2-6-14-31)50-47(49-45)38-18-10-17-34(27-38)32-15-9-16-33(25-32)35-23-24-39-36(26-35)21-22-37-28-44-42(29-41(37)39)40-19-7-8-20-43(40)51-44/h1-29H. The van der Waals surface area contributed by atoms with Crippen molar-refractivity contribution in [3.63, 3.8) is 0 Å². The van der Waals surface area contributed by atoms with Gasteiger partial charge in [0.15, 0.2) is 17.5 Å². The van der Waals surface area contributed by atoms with Gasteiger partial charge in [0.1, 0.15) is 11.2 Å². The van der Waals surface area contributed by atoms with Gasteiger partial charge in [-0.05, 0) is 80.2 Å². The van der Waals surface area contributed by atoms with Gasteiger partial charge in [-0.15, -0.1) is 0 Å². The highest BCUT2D eigenvalue weighted by Gasteiger charge is 2.14. The second kappa shape index (κ2) is 11.9. The van der Waals surface area contributed by atoms with Gasteiger partial charge in [0.2, 0.25) is 0 Å². The zero-order valence-electron chi connectivity index (χ0n) is 27.5. The van der Waals surface area contributed by atoms with Gasteiger partial charge in [0.25, 0.3) is 0 Å². The third kappa shape index (κ3) is 5.22. The second-order valence-electron chi connectivity index (χ2n) is 12.9. The fourth-order valence-corrected chi connectivity index (χ4v) is 7.12. The maximum Gasteiger partial charge on any atom is 0.164 e. The first-order chi connectivity index (χ1) is 25.2. The number of benzene rings is 8. The van der Waals surface area contributed by atoms with Crippen molar-refractivity contribution in [1.29, 1.82) is 0 Å². The van der Waals surface area contributed by atoms with E-state index in [2.05, 4.69) is 103 Å². The van der Waals surface area contributed by atoms with Crippen LogP contribution in [0.4, 0.5) is 0 Å². The van der Waals surface area contributed by atoms with E-state index in [1.165, 1.54) is 27.1 Å². The summed E-state index contributed by atoms with van der Waals surface area (Å²) in [6.45, 7) is 0. The normalized spacial score (nSPS) is 11.5. The number of furan rings is 1. The van der Waals surface area contributed by atoms with Crippen LogP contribution in [-0.4, -0.2) is 15.0 Å². The van der Waals surface area contributed by atoms with Crippen LogP contribution in [-0.2, 0) is 0 Å². The first kappa shape index (κ1) is 29.0. The Morgan fingerprint density at radius 1 is 0.275 bits per heavy atom. The van der Waals surface area contributed by atoms with E-state index >= 15 is 0 Å². The Labute approximate surface area is 294 Å². The van der Waals surface area contributed by atoms with E-state index in [1.807, 2.05) is 72.8 Å². The number of fused-ring (bicyclic) bond motifs is 6. The number of rotatable bonds is 5. The maximum atomic E-state index is 6.17. The summed E-state index contributed by atoms with van der Waals surface area (Å²) in [4.78, 5) is 14.8. The maximum absolute atomic E-state index is 6.17. The van der Waals surface area contributed by atoms with E-state index in [4.69, 9.17) is 19.4 Å². The van der Waals surface area contributed by atoms with Crippen LogP contribution in [0.3, 0.4) is 0 Å². The minimum Gasteiger partial charge on any atom is -0.456 e. The highest BCUT2D eigenvalue weighted by atomic mass is 16.3. The summed E-state index contributed by atoms with van der Waals surface area (Å²) in [5.41, 5.74) is 9.24. The van der Waals surface area contributed by atoms with Crippen LogP contribution in [0.25, 0.3) is 99.9 Å². The lowest BCUT2D eigenvalue weighted by Crippen LogP contribution is -2.00. The molecule has 0 atom stereocenters. The predicted molar refractivity (Wildman–Crippen MR) is 209 cm³/mol. The van der Waals surface area contributed by atoms with Crippen molar-refractivity contribution in [3.8, 4) is 56.4 Å². The van der Waals surface area contributed by atoms with Gasteiger partial charge >= 0.3 is 0 Å². The monoisotopic (exact) mass is 651 g/mol. The van der Waals surface area contributed by atoms with E-state index in [1.54, 1.807) is 0 Å². The van der Waals surface area contributed by atoms with E-state index in [0.717, 1.165) is 55.3 Å². The summed E-state index contributed by atoms with van der Waals surface area (Å²) in [6, 6.07) is 61.3. The fraction of sp³-hybridized carbons (Fsp3) is 0. The largest absolute Gasteiger partial charge is 0.456 e. The number of hydrogen-bond donors (Lipinski definition) is 0. The van der Waals surface area contributed by atoms with Crippen LogP contribution in [0.1, 0.15) is 0 Å². The van der Waals surface area contributed by atoms with Gasteiger partial charge in [-0.25, -0.2) is 15.0 Å². The molecule has 0 bridgehead atoms. The summed E-state index contributed by atoms with van der Waals surface area (Å²) in [7, 11) is 0. The molecule has 10 rings (SSSR count).